The molecule has 0 aliphatic rings. The third kappa shape index (κ3) is 4.79. The molecule has 0 aliphatic heterocycles. The van der Waals surface area contributed by atoms with Gasteiger partial charge in [0.15, 0.2) is 4.67 Å². The second-order valence-electron chi connectivity index (χ2n) is 4.64. The lowest BCUT2D eigenvalue weighted by Gasteiger charge is -2.12. The summed E-state index contributed by atoms with van der Waals surface area (Å²) in [6, 6.07) is 13.0. The molecule has 2 aromatic rings. The van der Waals surface area contributed by atoms with Crippen LogP contribution in [0.15, 0.2) is 50.0 Å². The Labute approximate surface area is 130 Å². The Hall–Kier alpha value is -0.580. The van der Waals surface area contributed by atoms with Gasteiger partial charge in [0, 0.05) is 6.04 Å². The Kier molecular flexibility index (Phi) is 5.67. The summed E-state index contributed by atoms with van der Waals surface area (Å²) in [5, 5.41) is 3.47. The highest BCUT2D eigenvalue weighted by molar-refractivity contribution is 9.13. The normalized spacial score (nSPS) is 12.6. The van der Waals surface area contributed by atoms with E-state index in [-0.39, 0.29) is 0 Å². The molecule has 0 saturated carbocycles. The van der Waals surface area contributed by atoms with E-state index in [0.29, 0.717) is 6.04 Å². The number of aryl methyl sites for hydroxylation is 1. The van der Waals surface area contributed by atoms with Crippen molar-refractivity contribution in [3.63, 3.8) is 0 Å². The van der Waals surface area contributed by atoms with Crippen molar-refractivity contribution in [2.24, 2.45) is 0 Å². The highest BCUT2D eigenvalue weighted by Gasteiger charge is 2.07. The van der Waals surface area contributed by atoms with Crippen molar-refractivity contribution in [1.82, 2.24) is 5.32 Å². The number of nitrogens with one attached hydrogen (secondary N) is 1. The molecule has 1 heterocycles. The maximum atomic E-state index is 5.53. The van der Waals surface area contributed by atoms with Gasteiger partial charge in [-0.1, -0.05) is 30.3 Å². The van der Waals surface area contributed by atoms with Gasteiger partial charge in [-0.2, -0.15) is 0 Å². The van der Waals surface area contributed by atoms with Gasteiger partial charge in [0.05, 0.1) is 11.0 Å². The van der Waals surface area contributed by atoms with Crippen LogP contribution in [-0.2, 0) is 13.0 Å². The Morgan fingerprint density at radius 2 is 1.95 bits per heavy atom. The van der Waals surface area contributed by atoms with E-state index in [2.05, 4.69) is 74.4 Å². The number of hydrogen-bond donors (Lipinski definition) is 1. The summed E-state index contributed by atoms with van der Waals surface area (Å²) in [4.78, 5) is 0. The average Bonchev–Trinajstić information content (AvgIpc) is 2.74. The molecule has 0 fully saturated rings. The van der Waals surface area contributed by atoms with Crippen LogP contribution in [0.4, 0.5) is 0 Å². The van der Waals surface area contributed by atoms with Crippen LogP contribution >= 0.6 is 31.9 Å². The molecular formula is C15H17Br2NO. The van der Waals surface area contributed by atoms with Gasteiger partial charge in [-0.05, 0) is 63.3 Å². The van der Waals surface area contributed by atoms with Crippen LogP contribution in [0.1, 0.15) is 24.7 Å². The molecule has 2 nitrogen and oxygen atoms in total. The van der Waals surface area contributed by atoms with Crippen LogP contribution in [0.5, 0.6) is 0 Å². The zero-order valence-corrected chi connectivity index (χ0v) is 14.0. The summed E-state index contributed by atoms with van der Waals surface area (Å²) >= 11 is 6.76. The van der Waals surface area contributed by atoms with Crippen molar-refractivity contribution in [1.29, 1.82) is 0 Å². The molecule has 1 aromatic carbocycles. The summed E-state index contributed by atoms with van der Waals surface area (Å²) in [6.45, 7) is 2.95. The smallest absolute Gasteiger partial charge is 0.183 e. The predicted octanol–water partition coefficient (Wildman–Crippen LogP) is 4.92. The summed E-state index contributed by atoms with van der Waals surface area (Å²) in [5.74, 6) is 0.935. The van der Waals surface area contributed by atoms with E-state index < -0.39 is 0 Å². The minimum atomic E-state index is 0.461. The zero-order valence-electron chi connectivity index (χ0n) is 10.8. The lowest BCUT2D eigenvalue weighted by molar-refractivity contribution is 0.433. The fraction of sp³-hybridized carbons (Fsp3) is 0.333. The molecule has 1 atom stereocenters. The predicted molar refractivity (Wildman–Crippen MR) is 85.2 cm³/mol. The standard InChI is InChI=1S/C15H17Br2NO/c1-11(7-8-12-5-3-2-4-6-12)18-10-13-9-14(16)15(17)19-13/h2-6,9,11,18H,7-8,10H2,1H3. The highest BCUT2D eigenvalue weighted by Crippen LogP contribution is 2.26. The Morgan fingerprint density at radius 1 is 1.21 bits per heavy atom. The summed E-state index contributed by atoms with van der Waals surface area (Å²) in [7, 11) is 0. The van der Waals surface area contributed by atoms with Crippen molar-refractivity contribution in [2.45, 2.75) is 32.4 Å². The van der Waals surface area contributed by atoms with E-state index in [1.54, 1.807) is 0 Å². The van der Waals surface area contributed by atoms with Gasteiger partial charge in [-0.15, -0.1) is 0 Å². The zero-order chi connectivity index (χ0) is 13.7. The molecular weight excluding hydrogens is 370 g/mol. The quantitative estimate of drug-likeness (QED) is 0.762. The molecule has 0 spiro atoms. The van der Waals surface area contributed by atoms with Crippen molar-refractivity contribution in [3.05, 3.63) is 56.9 Å². The minimum absolute atomic E-state index is 0.461. The Balaban J connectivity index is 1.74. The molecule has 102 valence electrons. The average molecular weight is 387 g/mol. The number of rotatable bonds is 6. The first-order chi connectivity index (χ1) is 9.15. The molecule has 1 aromatic heterocycles. The van der Waals surface area contributed by atoms with E-state index in [9.17, 15) is 0 Å². The second kappa shape index (κ2) is 7.27. The van der Waals surface area contributed by atoms with E-state index in [4.69, 9.17) is 4.42 Å². The van der Waals surface area contributed by atoms with Crippen LogP contribution in [-0.4, -0.2) is 6.04 Å². The minimum Gasteiger partial charge on any atom is -0.452 e. The molecule has 19 heavy (non-hydrogen) atoms. The molecule has 4 heteroatoms. The van der Waals surface area contributed by atoms with Gasteiger partial charge >= 0.3 is 0 Å². The van der Waals surface area contributed by atoms with E-state index in [0.717, 1.165) is 34.3 Å². The largest absolute Gasteiger partial charge is 0.452 e. The summed E-state index contributed by atoms with van der Waals surface area (Å²) < 4.78 is 7.25. The van der Waals surface area contributed by atoms with Gasteiger partial charge in [0.2, 0.25) is 0 Å². The molecule has 0 amide bonds. The molecule has 1 unspecified atom stereocenters. The number of hydrogen-bond acceptors (Lipinski definition) is 2. The fourth-order valence-corrected chi connectivity index (χ4v) is 2.54. The summed E-state index contributed by atoms with van der Waals surface area (Å²) in [5.41, 5.74) is 1.39. The summed E-state index contributed by atoms with van der Waals surface area (Å²) in [6.07, 6.45) is 2.22. The van der Waals surface area contributed by atoms with Crippen LogP contribution in [0.3, 0.4) is 0 Å². The topological polar surface area (TPSA) is 25.2 Å². The van der Waals surface area contributed by atoms with Gasteiger partial charge < -0.3 is 9.73 Å². The van der Waals surface area contributed by atoms with Gasteiger partial charge in [-0.3, -0.25) is 0 Å². The Bertz CT molecular complexity index is 491. The van der Waals surface area contributed by atoms with Crippen molar-refractivity contribution in [2.75, 3.05) is 0 Å². The maximum absolute atomic E-state index is 5.53. The molecule has 0 saturated heterocycles. The molecule has 0 radical (unpaired) electrons. The first-order valence-corrected chi connectivity index (χ1v) is 7.95. The lowest BCUT2D eigenvalue weighted by Crippen LogP contribution is -2.25. The lowest BCUT2D eigenvalue weighted by atomic mass is 10.1. The van der Waals surface area contributed by atoms with Crippen LogP contribution in [0, 0.1) is 0 Å². The molecule has 2 rings (SSSR count). The maximum Gasteiger partial charge on any atom is 0.183 e. The monoisotopic (exact) mass is 385 g/mol. The van der Waals surface area contributed by atoms with Crippen LogP contribution in [0.2, 0.25) is 0 Å². The van der Waals surface area contributed by atoms with Gasteiger partial charge in [0.1, 0.15) is 5.76 Å². The van der Waals surface area contributed by atoms with Gasteiger partial charge in [-0.25, -0.2) is 0 Å². The third-order valence-electron chi connectivity index (χ3n) is 3.03. The molecule has 1 N–H and O–H groups in total. The molecule has 0 bridgehead atoms. The van der Waals surface area contributed by atoms with Crippen LogP contribution in [0.25, 0.3) is 0 Å². The van der Waals surface area contributed by atoms with E-state index in [1.165, 1.54) is 5.56 Å². The fourth-order valence-electron chi connectivity index (χ4n) is 1.88. The van der Waals surface area contributed by atoms with Crippen molar-refractivity contribution in [3.8, 4) is 0 Å². The first kappa shape index (κ1) is 14.8. The van der Waals surface area contributed by atoms with Gasteiger partial charge in [0.25, 0.3) is 0 Å². The van der Waals surface area contributed by atoms with Crippen molar-refractivity contribution < 1.29 is 4.42 Å². The number of furan rings is 1. The first-order valence-electron chi connectivity index (χ1n) is 6.36. The van der Waals surface area contributed by atoms with Crippen LogP contribution < -0.4 is 5.32 Å². The third-order valence-corrected chi connectivity index (χ3v) is 4.74. The number of benzene rings is 1. The second-order valence-corrected chi connectivity index (χ2v) is 6.22. The van der Waals surface area contributed by atoms with Crippen molar-refractivity contribution >= 4 is 31.9 Å². The number of halogens is 2. The van der Waals surface area contributed by atoms with E-state index >= 15 is 0 Å². The van der Waals surface area contributed by atoms with E-state index in [1.807, 2.05) is 6.07 Å². The SMILES string of the molecule is CC(CCc1ccccc1)NCc1cc(Br)c(Br)o1. The highest BCUT2D eigenvalue weighted by atomic mass is 79.9. The molecule has 0 aliphatic carbocycles. The Morgan fingerprint density at radius 3 is 2.58 bits per heavy atom.